The Bertz CT molecular complexity index is 875. The van der Waals surface area contributed by atoms with Gasteiger partial charge in [-0.3, -0.25) is 0 Å². The van der Waals surface area contributed by atoms with Crippen LogP contribution in [0.1, 0.15) is 36.5 Å². The minimum Gasteiger partial charge on any atom is -0.493 e. The van der Waals surface area contributed by atoms with Crippen molar-refractivity contribution in [2.45, 2.75) is 26.2 Å². The fraction of sp³-hybridized carbons (Fsp3) is 0.429. The summed E-state index contributed by atoms with van der Waals surface area (Å²) in [6, 6.07) is 8.48. The Balaban J connectivity index is 1.67. The maximum Gasteiger partial charge on any atom is 0.231 e. The Hall–Kier alpha value is -2.56. The summed E-state index contributed by atoms with van der Waals surface area (Å²) in [5.74, 6) is 5.15. The van der Waals surface area contributed by atoms with Crippen LogP contribution in [0.25, 0.3) is 0 Å². The van der Waals surface area contributed by atoms with E-state index in [-0.39, 0.29) is 12.7 Å². The second-order valence-electron chi connectivity index (χ2n) is 7.38. The van der Waals surface area contributed by atoms with E-state index in [2.05, 4.69) is 38.1 Å². The van der Waals surface area contributed by atoms with E-state index in [1.54, 1.807) is 7.11 Å². The van der Waals surface area contributed by atoms with Crippen molar-refractivity contribution in [1.82, 2.24) is 0 Å². The van der Waals surface area contributed by atoms with E-state index < -0.39 is 0 Å². The quantitative estimate of drug-likeness (QED) is 0.812. The average Bonchev–Trinajstić information content (AvgIpc) is 3.28. The third-order valence-electron chi connectivity index (χ3n) is 5.97. The molecule has 3 atom stereocenters. The molecule has 0 N–H and O–H groups in total. The van der Waals surface area contributed by atoms with Gasteiger partial charge in [-0.05, 0) is 59.2 Å². The highest BCUT2D eigenvalue weighted by molar-refractivity contribution is 5.59. The van der Waals surface area contributed by atoms with Crippen molar-refractivity contribution >= 4 is 0 Å². The molecule has 2 heterocycles. The molecule has 0 fully saturated rings. The van der Waals surface area contributed by atoms with Crippen LogP contribution in [0.3, 0.4) is 0 Å². The van der Waals surface area contributed by atoms with Crippen LogP contribution in [0.15, 0.2) is 24.3 Å². The van der Waals surface area contributed by atoms with Gasteiger partial charge in [-0.1, -0.05) is 13.8 Å². The molecule has 0 radical (unpaired) electrons. The summed E-state index contributed by atoms with van der Waals surface area (Å²) < 4.78 is 28.0. The SMILES string of the molecule is COc1cc([C@@H]2c3cc4c(cc3C[C@@H](C)[C@@H]2C)OCO4)cc2c1OCO2. The molecule has 2 aliphatic heterocycles. The second-order valence-corrected chi connectivity index (χ2v) is 7.38. The van der Waals surface area contributed by atoms with Crippen molar-refractivity contribution in [2.75, 3.05) is 20.7 Å². The highest BCUT2D eigenvalue weighted by Gasteiger charge is 2.36. The monoisotopic (exact) mass is 354 g/mol. The van der Waals surface area contributed by atoms with Gasteiger partial charge in [-0.2, -0.15) is 0 Å². The average molecular weight is 354 g/mol. The van der Waals surface area contributed by atoms with Crippen LogP contribution in [0.4, 0.5) is 0 Å². The maximum atomic E-state index is 5.65. The van der Waals surface area contributed by atoms with Crippen LogP contribution < -0.4 is 23.7 Å². The molecule has 0 spiro atoms. The molecule has 0 unspecified atom stereocenters. The van der Waals surface area contributed by atoms with Crippen LogP contribution in [-0.2, 0) is 6.42 Å². The Morgan fingerprint density at radius 1 is 0.885 bits per heavy atom. The third kappa shape index (κ3) is 2.23. The van der Waals surface area contributed by atoms with Gasteiger partial charge in [-0.15, -0.1) is 0 Å². The van der Waals surface area contributed by atoms with E-state index in [0.717, 1.165) is 29.4 Å². The molecule has 5 nitrogen and oxygen atoms in total. The van der Waals surface area contributed by atoms with Crippen molar-refractivity contribution in [1.29, 1.82) is 0 Å². The number of benzene rings is 2. The van der Waals surface area contributed by atoms with E-state index in [1.807, 2.05) is 0 Å². The highest BCUT2D eigenvalue weighted by atomic mass is 16.7. The van der Waals surface area contributed by atoms with Gasteiger partial charge in [0.25, 0.3) is 0 Å². The van der Waals surface area contributed by atoms with E-state index in [4.69, 9.17) is 23.7 Å². The molecular weight excluding hydrogens is 332 g/mol. The lowest BCUT2D eigenvalue weighted by Crippen LogP contribution is -2.26. The van der Waals surface area contributed by atoms with Gasteiger partial charge in [0.2, 0.25) is 19.3 Å². The predicted octanol–water partition coefficient (Wildman–Crippen LogP) is 4.11. The number of hydrogen-bond acceptors (Lipinski definition) is 5. The van der Waals surface area contributed by atoms with Gasteiger partial charge >= 0.3 is 0 Å². The summed E-state index contributed by atoms with van der Waals surface area (Å²) >= 11 is 0. The van der Waals surface area contributed by atoms with Gasteiger partial charge < -0.3 is 23.7 Å². The van der Waals surface area contributed by atoms with Crippen molar-refractivity contribution in [3.05, 3.63) is 41.0 Å². The molecule has 0 bridgehead atoms. The van der Waals surface area contributed by atoms with Gasteiger partial charge in [0.1, 0.15) is 0 Å². The molecule has 26 heavy (non-hydrogen) atoms. The molecule has 0 aromatic heterocycles. The minimum absolute atomic E-state index is 0.237. The zero-order valence-electron chi connectivity index (χ0n) is 15.2. The van der Waals surface area contributed by atoms with Gasteiger partial charge in [-0.25, -0.2) is 0 Å². The molecule has 0 saturated heterocycles. The van der Waals surface area contributed by atoms with Crippen molar-refractivity contribution in [2.24, 2.45) is 11.8 Å². The summed E-state index contributed by atoms with van der Waals surface area (Å²) in [4.78, 5) is 0. The second kappa shape index (κ2) is 5.73. The van der Waals surface area contributed by atoms with Crippen LogP contribution in [0.5, 0.6) is 28.7 Å². The lowest BCUT2D eigenvalue weighted by molar-refractivity contribution is 0.171. The summed E-state index contributed by atoms with van der Waals surface area (Å²) in [6.45, 7) is 5.17. The number of ether oxygens (including phenoxy) is 5. The lowest BCUT2D eigenvalue weighted by Gasteiger charge is -2.37. The van der Waals surface area contributed by atoms with Gasteiger partial charge in [0.05, 0.1) is 7.11 Å². The van der Waals surface area contributed by atoms with E-state index in [1.165, 1.54) is 16.7 Å². The number of rotatable bonds is 2. The smallest absolute Gasteiger partial charge is 0.231 e. The summed E-state index contributed by atoms with van der Waals surface area (Å²) in [6.07, 6.45) is 1.05. The molecule has 1 aliphatic carbocycles. The topological polar surface area (TPSA) is 46.2 Å². The third-order valence-corrected chi connectivity index (χ3v) is 5.97. The van der Waals surface area contributed by atoms with Crippen molar-refractivity contribution < 1.29 is 23.7 Å². The summed E-state index contributed by atoms with van der Waals surface area (Å²) in [5, 5.41) is 0. The molecule has 2 aromatic rings. The zero-order valence-corrected chi connectivity index (χ0v) is 15.2. The van der Waals surface area contributed by atoms with E-state index >= 15 is 0 Å². The fourth-order valence-electron chi connectivity index (χ4n) is 4.42. The van der Waals surface area contributed by atoms with Crippen LogP contribution in [0.2, 0.25) is 0 Å². The number of fused-ring (bicyclic) bond motifs is 3. The Labute approximate surface area is 152 Å². The van der Waals surface area contributed by atoms with Crippen molar-refractivity contribution in [3.63, 3.8) is 0 Å². The molecule has 136 valence electrons. The normalized spacial score (nSPS) is 25.1. The predicted molar refractivity (Wildman–Crippen MR) is 95.6 cm³/mol. The summed E-state index contributed by atoms with van der Waals surface area (Å²) in [7, 11) is 1.67. The molecule has 5 heteroatoms. The zero-order chi connectivity index (χ0) is 17.8. The first-order chi connectivity index (χ1) is 12.7. The van der Waals surface area contributed by atoms with E-state index in [9.17, 15) is 0 Å². The first-order valence-corrected chi connectivity index (χ1v) is 9.05. The van der Waals surface area contributed by atoms with Crippen LogP contribution in [0, 0.1) is 11.8 Å². The fourth-order valence-corrected chi connectivity index (χ4v) is 4.42. The first kappa shape index (κ1) is 15.7. The number of hydrogen-bond donors (Lipinski definition) is 0. The maximum absolute atomic E-state index is 5.65. The van der Waals surface area contributed by atoms with Crippen molar-refractivity contribution in [3.8, 4) is 28.7 Å². The Morgan fingerprint density at radius 2 is 1.62 bits per heavy atom. The Morgan fingerprint density at radius 3 is 2.42 bits per heavy atom. The molecule has 5 rings (SSSR count). The van der Waals surface area contributed by atoms with Gasteiger partial charge in [0.15, 0.2) is 23.0 Å². The largest absolute Gasteiger partial charge is 0.493 e. The first-order valence-electron chi connectivity index (χ1n) is 9.05. The molecule has 3 aliphatic rings. The minimum atomic E-state index is 0.237. The van der Waals surface area contributed by atoms with Crippen LogP contribution in [-0.4, -0.2) is 20.7 Å². The number of methoxy groups -OCH3 is 1. The molecule has 0 saturated carbocycles. The Kier molecular flexibility index (Phi) is 3.45. The molecule has 0 amide bonds. The summed E-state index contributed by atoms with van der Waals surface area (Å²) in [5.41, 5.74) is 3.83. The molecular formula is C21H22O5. The standard InChI is InChI=1S/C21H22O5/c1-11-4-13-5-16-17(24-9-23-16)8-15(13)20(12(11)2)14-6-18(22-3)21-19(7-14)25-10-26-21/h5-8,11-12,20H,4,9-10H2,1-3H3/t11-,12+,20-/m1/s1. The lowest BCUT2D eigenvalue weighted by atomic mass is 9.68. The highest BCUT2D eigenvalue weighted by Crippen LogP contribution is 2.51. The van der Waals surface area contributed by atoms with Crippen LogP contribution >= 0.6 is 0 Å². The van der Waals surface area contributed by atoms with Gasteiger partial charge in [0, 0.05) is 5.92 Å². The molecule has 2 aromatic carbocycles. The van der Waals surface area contributed by atoms with E-state index in [0.29, 0.717) is 24.4 Å².